The highest BCUT2D eigenvalue weighted by molar-refractivity contribution is 9.10. The molecule has 1 aromatic carbocycles. The zero-order valence-electron chi connectivity index (χ0n) is 14.4. The number of aryl methyl sites for hydroxylation is 1. The summed E-state index contributed by atoms with van der Waals surface area (Å²) < 4.78 is 33.6. The van der Waals surface area contributed by atoms with Crippen molar-refractivity contribution in [2.24, 2.45) is 10.7 Å². The van der Waals surface area contributed by atoms with Crippen LogP contribution in [0.1, 0.15) is 21.6 Å². The van der Waals surface area contributed by atoms with Gasteiger partial charge in [-0.15, -0.1) is 0 Å². The van der Waals surface area contributed by atoms with Crippen LogP contribution in [0.25, 0.3) is 0 Å². The lowest BCUT2D eigenvalue weighted by Gasteiger charge is -2.33. The first-order valence-electron chi connectivity index (χ1n) is 8.06. The number of nitrogens with two attached hydrogens (primary N) is 1. The van der Waals surface area contributed by atoms with E-state index in [0.29, 0.717) is 11.3 Å². The molecule has 0 radical (unpaired) electrons. The SMILES string of the molecule is Cc1cc(Br)cnc1C(=O)Nc1cccc(C2(C(F)F)COCC(N)=N2)c1. The molecule has 27 heavy (non-hydrogen) atoms. The fourth-order valence-corrected chi connectivity index (χ4v) is 3.30. The number of alkyl halides is 2. The van der Waals surface area contributed by atoms with Crippen molar-refractivity contribution in [2.45, 2.75) is 18.9 Å². The standard InChI is InChI=1S/C18H17BrF2N4O2/c1-10-5-12(19)7-23-15(10)16(26)24-13-4-2-3-11(6-13)18(17(20)21)9-27-8-14(22)25-18/h2-7,17H,8-9H2,1H3,(H2,22,25)(H,24,26). The first kappa shape index (κ1) is 19.4. The largest absolute Gasteiger partial charge is 0.385 e. The number of anilines is 1. The number of hydrogen-bond acceptors (Lipinski definition) is 5. The number of carbonyl (C=O) groups is 1. The molecule has 1 aliphatic rings. The molecule has 3 N–H and O–H groups in total. The van der Waals surface area contributed by atoms with Crippen LogP contribution in [0.2, 0.25) is 0 Å². The minimum atomic E-state index is -2.82. The Morgan fingerprint density at radius 2 is 2.19 bits per heavy atom. The fraction of sp³-hybridized carbons (Fsp3) is 0.278. The molecule has 1 unspecified atom stereocenters. The highest BCUT2D eigenvalue weighted by Gasteiger charge is 2.44. The molecule has 142 valence electrons. The molecule has 1 aliphatic heterocycles. The van der Waals surface area contributed by atoms with Gasteiger partial charge < -0.3 is 15.8 Å². The third kappa shape index (κ3) is 3.98. The Morgan fingerprint density at radius 1 is 1.41 bits per heavy atom. The van der Waals surface area contributed by atoms with Crippen LogP contribution in [0, 0.1) is 6.92 Å². The van der Waals surface area contributed by atoms with Crippen molar-refractivity contribution in [1.29, 1.82) is 0 Å². The molecule has 1 amide bonds. The summed E-state index contributed by atoms with van der Waals surface area (Å²) in [6.07, 6.45) is -1.31. The first-order valence-corrected chi connectivity index (χ1v) is 8.85. The highest BCUT2D eigenvalue weighted by atomic mass is 79.9. The van der Waals surface area contributed by atoms with E-state index >= 15 is 0 Å². The Hall–Kier alpha value is -2.39. The predicted octanol–water partition coefficient (Wildman–Crippen LogP) is 3.25. The maximum atomic E-state index is 13.8. The lowest BCUT2D eigenvalue weighted by Crippen LogP contribution is -2.44. The number of amidine groups is 1. The summed E-state index contributed by atoms with van der Waals surface area (Å²) in [5, 5.41) is 2.68. The topological polar surface area (TPSA) is 89.6 Å². The summed E-state index contributed by atoms with van der Waals surface area (Å²) in [5.41, 5.74) is 5.21. The number of hydrogen-bond donors (Lipinski definition) is 2. The summed E-state index contributed by atoms with van der Waals surface area (Å²) in [5.74, 6) is -0.433. The van der Waals surface area contributed by atoms with Crippen LogP contribution < -0.4 is 11.1 Å². The molecule has 0 spiro atoms. The maximum Gasteiger partial charge on any atom is 0.274 e. The van der Waals surface area contributed by atoms with Gasteiger partial charge in [0.15, 0.2) is 5.54 Å². The number of aliphatic imine (C=N–C) groups is 1. The Morgan fingerprint density at radius 3 is 2.85 bits per heavy atom. The molecule has 0 fully saturated rings. The number of benzene rings is 1. The lowest BCUT2D eigenvalue weighted by atomic mass is 9.90. The van der Waals surface area contributed by atoms with Gasteiger partial charge in [-0.05, 0) is 52.2 Å². The molecule has 0 saturated carbocycles. The van der Waals surface area contributed by atoms with Gasteiger partial charge >= 0.3 is 0 Å². The Labute approximate surface area is 163 Å². The number of nitrogens with one attached hydrogen (secondary N) is 1. The summed E-state index contributed by atoms with van der Waals surface area (Å²) in [6.45, 7) is 1.47. The van der Waals surface area contributed by atoms with Crippen LogP contribution in [-0.2, 0) is 10.3 Å². The number of nitrogens with zero attached hydrogens (tertiary/aromatic N) is 2. The van der Waals surface area contributed by atoms with E-state index in [9.17, 15) is 13.6 Å². The number of aromatic nitrogens is 1. The fourth-order valence-electron chi connectivity index (χ4n) is 2.85. The Bertz CT molecular complexity index is 907. The van der Waals surface area contributed by atoms with E-state index in [1.165, 1.54) is 18.3 Å². The second kappa shape index (κ2) is 7.69. The van der Waals surface area contributed by atoms with Crippen molar-refractivity contribution < 1.29 is 18.3 Å². The molecule has 1 atom stereocenters. The van der Waals surface area contributed by atoms with Gasteiger partial charge in [0.05, 0.1) is 6.61 Å². The first-order chi connectivity index (χ1) is 12.8. The second-order valence-corrected chi connectivity index (χ2v) is 7.09. The average molecular weight is 439 g/mol. The summed E-state index contributed by atoms with van der Waals surface area (Å²) >= 11 is 3.29. The van der Waals surface area contributed by atoms with E-state index in [-0.39, 0.29) is 30.3 Å². The maximum absolute atomic E-state index is 13.8. The average Bonchev–Trinajstić information content (AvgIpc) is 2.61. The van der Waals surface area contributed by atoms with E-state index in [4.69, 9.17) is 10.5 Å². The number of rotatable bonds is 4. The van der Waals surface area contributed by atoms with E-state index in [1.54, 1.807) is 25.1 Å². The molecular formula is C18H17BrF2N4O2. The van der Waals surface area contributed by atoms with E-state index in [1.807, 2.05) is 0 Å². The zero-order valence-corrected chi connectivity index (χ0v) is 16.0. The normalized spacial score (nSPS) is 19.7. The van der Waals surface area contributed by atoms with Crippen molar-refractivity contribution in [2.75, 3.05) is 18.5 Å². The van der Waals surface area contributed by atoms with Crippen molar-refractivity contribution in [3.63, 3.8) is 0 Å². The number of pyridine rings is 1. The third-order valence-corrected chi connectivity index (χ3v) is 4.59. The molecular weight excluding hydrogens is 422 g/mol. The molecule has 2 aromatic rings. The van der Waals surface area contributed by atoms with Crippen molar-refractivity contribution >= 4 is 33.4 Å². The highest BCUT2D eigenvalue weighted by Crippen LogP contribution is 2.36. The van der Waals surface area contributed by atoms with Crippen molar-refractivity contribution in [3.8, 4) is 0 Å². The van der Waals surface area contributed by atoms with E-state index in [2.05, 4.69) is 31.2 Å². The van der Waals surface area contributed by atoms with Crippen LogP contribution in [-0.4, -0.2) is 36.4 Å². The van der Waals surface area contributed by atoms with Crippen molar-refractivity contribution in [1.82, 2.24) is 4.98 Å². The lowest BCUT2D eigenvalue weighted by molar-refractivity contribution is -0.0129. The van der Waals surface area contributed by atoms with Crippen LogP contribution in [0.15, 0.2) is 46.0 Å². The van der Waals surface area contributed by atoms with Crippen LogP contribution >= 0.6 is 15.9 Å². The molecule has 0 aliphatic carbocycles. The monoisotopic (exact) mass is 438 g/mol. The third-order valence-electron chi connectivity index (χ3n) is 4.16. The molecule has 6 nitrogen and oxygen atoms in total. The van der Waals surface area contributed by atoms with Gasteiger partial charge in [-0.3, -0.25) is 9.79 Å². The molecule has 0 bridgehead atoms. The van der Waals surface area contributed by atoms with Gasteiger partial charge in [-0.1, -0.05) is 12.1 Å². The molecule has 2 heterocycles. The number of halogens is 3. The molecule has 9 heteroatoms. The molecule has 0 saturated heterocycles. The zero-order chi connectivity index (χ0) is 19.6. The van der Waals surface area contributed by atoms with Crippen LogP contribution in [0.5, 0.6) is 0 Å². The number of ether oxygens (including phenoxy) is 1. The van der Waals surface area contributed by atoms with Crippen LogP contribution in [0.3, 0.4) is 0 Å². The minimum Gasteiger partial charge on any atom is -0.385 e. The van der Waals surface area contributed by atoms with E-state index < -0.39 is 17.9 Å². The predicted molar refractivity (Wildman–Crippen MR) is 101 cm³/mol. The summed E-state index contributed by atoms with van der Waals surface area (Å²) in [6, 6.07) is 7.89. The van der Waals surface area contributed by atoms with Crippen LogP contribution in [0.4, 0.5) is 14.5 Å². The number of amides is 1. The number of carbonyl (C=O) groups excluding carboxylic acids is 1. The van der Waals surface area contributed by atoms with Crippen molar-refractivity contribution in [3.05, 3.63) is 57.8 Å². The quantitative estimate of drug-likeness (QED) is 0.766. The summed E-state index contributed by atoms with van der Waals surface area (Å²) in [4.78, 5) is 20.6. The minimum absolute atomic E-state index is 0.00526. The van der Waals surface area contributed by atoms with Gasteiger partial charge in [-0.25, -0.2) is 13.8 Å². The van der Waals surface area contributed by atoms with Gasteiger partial charge in [0.1, 0.15) is 18.1 Å². The van der Waals surface area contributed by atoms with Gasteiger partial charge in [0, 0.05) is 16.4 Å². The molecule has 3 rings (SSSR count). The second-order valence-electron chi connectivity index (χ2n) is 6.17. The molecule has 1 aromatic heterocycles. The summed E-state index contributed by atoms with van der Waals surface area (Å²) in [7, 11) is 0. The Balaban J connectivity index is 1.91. The smallest absolute Gasteiger partial charge is 0.274 e. The Kier molecular flexibility index (Phi) is 5.52. The van der Waals surface area contributed by atoms with E-state index in [0.717, 1.165) is 4.47 Å². The van der Waals surface area contributed by atoms with Gasteiger partial charge in [0.2, 0.25) is 0 Å². The van der Waals surface area contributed by atoms with Gasteiger partial charge in [-0.2, -0.15) is 0 Å². The van der Waals surface area contributed by atoms with Gasteiger partial charge in [0.25, 0.3) is 12.3 Å².